The van der Waals surface area contributed by atoms with Gasteiger partial charge in [-0.3, -0.25) is 4.98 Å². The number of hydrogen-bond acceptors (Lipinski definition) is 9. The molecule has 0 saturated carbocycles. The van der Waals surface area contributed by atoms with Crippen molar-refractivity contribution in [3.8, 4) is 10.8 Å². The third-order valence-corrected chi connectivity index (χ3v) is 6.19. The quantitative estimate of drug-likeness (QED) is 0.186. The minimum atomic E-state index is -5.07. The molecule has 30 heavy (non-hydrogen) atoms. The average molecular weight is 489 g/mol. The van der Waals surface area contributed by atoms with Gasteiger partial charge in [0.2, 0.25) is 0 Å². The molecule has 0 saturated heterocycles. The minimum Gasteiger partial charge on any atom is -0.414 e. The number of anilines is 1. The van der Waals surface area contributed by atoms with Crippen LogP contribution in [-0.2, 0) is 11.5 Å². The Bertz CT molecular complexity index is 975. The first-order chi connectivity index (χ1) is 14.1. The van der Waals surface area contributed by atoms with Crippen LogP contribution in [0.3, 0.4) is 0 Å². The normalized spacial score (nSPS) is 14.1. The summed E-state index contributed by atoms with van der Waals surface area (Å²) in [7, 11) is 1.29. The van der Waals surface area contributed by atoms with E-state index in [0.29, 0.717) is 0 Å². The first kappa shape index (κ1) is 22.7. The molecule has 7 nitrogen and oxygen atoms in total. The van der Waals surface area contributed by atoms with E-state index in [1.54, 1.807) is 0 Å². The van der Waals surface area contributed by atoms with Crippen molar-refractivity contribution in [3.05, 3.63) is 41.6 Å². The molecule has 2 atom stereocenters. The average Bonchev–Trinajstić information content (AvgIpc) is 3.36. The Labute approximate surface area is 175 Å². The summed E-state index contributed by atoms with van der Waals surface area (Å²) in [6.07, 6.45) is -4.09. The number of hydrogen-bond donors (Lipinski definition) is 0. The van der Waals surface area contributed by atoms with Gasteiger partial charge in [0.25, 0.3) is 16.5 Å². The number of aromatic nitrogens is 4. The number of pyridine rings is 1. The Kier molecular flexibility index (Phi) is 6.84. The van der Waals surface area contributed by atoms with Crippen molar-refractivity contribution in [2.45, 2.75) is 23.8 Å². The van der Waals surface area contributed by atoms with E-state index in [1.165, 1.54) is 40.0 Å². The fourth-order valence-corrected chi connectivity index (χ4v) is 4.13. The summed E-state index contributed by atoms with van der Waals surface area (Å²) >= 11 is 0.935. The van der Waals surface area contributed by atoms with E-state index < -0.39 is 23.2 Å². The maximum Gasteiger partial charge on any atom is 0.435 e. The molecule has 3 heterocycles. The smallest absolute Gasteiger partial charge is 0.414 e. The highest BCUT2D eigenvalue weighted by Crippen LogP contribution is 2.50. The van der Waals surface area contributed by atoms with Crippen molar-refractivity contribution >= 4 is 38.2 Å². The van der Waals surface area contributed by atoms with Crippen LogP contribution in [0, 0.1) is 0 Å². The van der Waals surface area contributed by atoms with Crippen molar-refractivity contribution in [1.29, 1.82) is 0 Å². The molecule has 0 aliphatic rings. The van der Waals surface area contributed by atoms with E-state index >= 15 is 0 Å². The third-order valence-electron chi connectivity index (χ3n) is 3.36. The number of halogens is 6. The number of alkyl halides is 5. The molecule has 0 radical (unpaired) electrons. The lowest BCUT2D eigenvalue weighted by molar-refractivity contribution is -0.278. The van der Waals surface area contributed by atoms with E-state index in [9.17, 15) is 26.5 Å². The Hall–Kier alpha value is -1.96. The Morgan fingerprint density at radius 2 is 2.03 bits per heavy atom. The third kappa shape index (κ3) is 5.02. The zero-order chi connectivity index (χ0) is 21.9. The molecule has 0 fully saturated rings. The Balaban J connectivity index is 1.86. The summed E-state index contributed by atoms with van der Waals surface area (Å²) in [6.45, 7) is -0.230. The maximum atomic E-state index is 13.3. The molecule has 0 bridgehead atoms. The number of thiazole rings is 1. The SMILES string of the molecule is FOC(P)(SN(Cc1ncc(-c2nnc(C(F)F)o2)s1)c1cccnc1)C(F)(F)F. The highest BCUT2D eigenvalue weighted by Gasteiger charge is 2.57. The fourth-order valence-electron chi connectivity index (χ4n) is 1.98. The lowest BCUT2D eigenvalue weighted by atomic mass is 10.4. The molecule has 16 heteroatoms. The second-order valence-corrected chi connectivity index (χ2v) is 9.02. The molecule has 0 spiro atoms. The summed E-state index contributed by atoms with van der Waals surface area (Å²) in [5, 5.41) is 6.94. The summed E-state index contributed by atoms with van der Waals surface area (Å²) < 4.78 is 80.4. The molecule has 0 aromatic carbocycles. The highest BCUT2D eigenvalue weighted by atomic mass is 32.2. The van der Waals surface area contributed by atoms with Gasteiger partial charge in [-0.05, 0) is 16.7 Å². The zero-order valence-corrected chi connectivity index (χ0v) is 17.2. The summed E-state index contributed by atoms with van der Waals surface area (Å²) in [5.41, 5.74) is 0.213. The predicted molar refractivity (Wildman–Crippen MR) is 99.1 cm³/mol. The summed E-state index contributed by atoms with van der Waals surface area (Å²) in [5.74, 6) is -1.08. The van der Waals surface area contributed by atoms with Crippen molar-refractivity contribution in [3.63, 3.8) is 0 Å². The molecule has 162 valence electrons. The van der Waals surface area contributed by atoms with Gasteiger partial charge in [0.1, 0.15) is 9.88 Å². The minimum absolute atomic E-state index is 0.0103. The summed E-state index contributed by atoms with van der Waals surface area (Å²) in [4.78, 5) is 11.3. The number of nitrogens with zero attached hydrogens (tertiary/aromatic N) is 5. The topological polar surface area (TPSA) is 77.2 Å². The van der Waals surface area contributed by atoms with Crippen LogP contribution in [0.15, 0.2) is 35.1 Å². The molecule has 3 aromatic rings. The molecule has 0 aliphatic carbocycles. The highest BCUT2D eigenvalue weighted by molar-refractivity contribution is 8.05. The van der Waals surface area contributed by atoms with Crippen molar-refractivity contribution in [2.24, 2.45) is 0 Å². The Morgan fingerprint density at radius 3 is 2.60 bits per heavy atom. The van der Waals surface area contributed by atoms with Gasteiger partial charge in [0, 0.05) is 18.1 Å². The fraction of sp³-hybridized carbons (Fsp3) is 0.286. The standard InChI is InChI=1S/C14H10F6N5O2PS2/c15-10(16)12-24-23-11(26-12)8-5-22-9(29-8)6-25(7-2-1-3-21-4-7)30-14(28,27-20)13(17,18)19/h1-5,10H,6,28H2. The van der Waals surface area contributed by atoms with E-state index in [1.807, 2.05) is 0 Å². The summed E-state index contributed by atoms with van der Waals surface area (Å²) in [6, 6.07) is 2.94. The lowest BCUT2D eigenvalue weighted by Gasteiger charge is -2.32. The van der Waals surface area contributed by atoms with Gasteiger partial charge < -0.3 is 8.72 Å². The van der Waals surface area contributed by atoms with Crippen molar-refractivity contribution in [2.75, 3.05) is 4.31 Å². The number of rotatable bonds is 8. The molecule has 3 rings (SSSR count). The monoisotopic (exact) mass is 489 g/mol. The first-order valence-corrected chi connectivity index (χ1v) is 9.88. The first-order valence-electron chi connectivity index (χ1n) is 7.71. The molecule has 3 aromatic heterocycles. The molecule has 2 unspecified atom stereocenters. The molecular formula is C14H10F6N5O2PS2. The zero-order valence-electron chi connectivity index (χ0n) is 14.4. The van der Waals surface area contributed by atoms with Gasteiger partial charge >= 0.3 is 12.6 Å². The van der Waals surface area contributed by atoms with Gasteiger partial charge in [-0.25, -0.2) is 4.98 Å². The van der Waals surface area contributed by atoms with E-state index in [2.05, 4.69) is 25.1 Å². The molecular weight excluding hydrogens is 479 g/mol. The van der Waals surface area contributed by atoms with E-state index in [-0.39, 0.29) is 40.0 Å². The van der Waals surface area contributed by atoms with Gasteiger partial charge in [-0.1, -0.05) is 9.24 Å². The van der Waals surface area contributed by atoms with Crippen LogP contribution < -0.4 is 4.31 Å². The van der Waals surface area contributed by atoms with E-state index in [4.69, 9.17) is 4.42 Å². The van der Waals surface area contributed by atoms with Crippen LogP contribution in [-0.4, -0.2) is 31.0 Å². The second-order valence-electron chi connectivity index (χ2n) is 5.45. The van der Waals surface area contributed by atoms with Crippen LogP contribution in [0.4, 0.5) is 32.2 Å². The van der Waals surface area contributed by atoms with Crippen LogP contribution in [0.5, 0.6) is 0 Å². The lowest BCUT2D eigenvalue weighted by Crippen LogP contribution is -2.40. The van der Waals surface area contributed by atoms with Crippen LogP contribution >= 0.6 is 32.5 Å². The molecule has 0 amide bonds. The largest absolute Gasteiger partial charge is 0.435 e. The van der Waals surface area contributed by atoms with E-state index in [0.717, 1.165) is 15.6 Å². The molecule has 0 aliphatic heterocycles. The van der Waals surface area contributed by atoms with Crippen LogP contribution in [0.1, 0.15) is 17.3 Å². The van der Waals surface area contributed by atoms with Gasteiger partial charge in [0.05, 0.1) is 24.6 Å². The van der Waals surface area contributed by atoms with Crippen LogP contribution in [0.2, 0.25) is 0 Å². The van der Waals surface area contributed by atoms with Gasteiger partial charge in [0.15, 0.2) is 0 Å². The maximum absolute atomic E-state index is 13.3. The second kappa shape index (κ2) is 9.04. The van der Waals surface area contributed by atoms with Crippen LogP contribution in [0.25, 0.3) is 10.8 Å². The van der Waals surface area contributed by atoms with Crippen molar-refractivity contribution in [1.82, 2.24) is 20.2 Å². The Morgan fingerprint density at radius 1 is 1.27 bits per heavy atom. The van der Waals surface area contributed by atoms with Crippen molar-refractivity contribution < 1.29 is 35.8 Å². The van der Waals surface area contributed by atoms with Gasteiger partial charge in [-0.15, -0.1) is 21.5 Å². The van der Waals surface area contributed by atoms with Gasteiger partial charge in [-0.2, -0.15) is 26.9 Å². The predicted octanol–water partition coefficient (Wildman–Crippen LogP) is 5.17. The molecule has 0 N–H and O–H groups in total.